The van der Waals surface area contributed by atoms with Gasteiger partial charge in [0.15, 0.2) is 0 Å². The minimum absolute atomic E-state index is 0.293. The third kappa shape index (κ3) is 3.18. The number of nitrogens with zero attached hydrogens (tertiary/aromatic N) is 3. The molecule has 1 fully saturated rings. The van der Waals surface area contributed by atoms with Crippen molar-refractivity contribution < 1.29 is 23.1 Å². The molecule has 1 unspecified atom stereocenters. The van der Waals surface area contributed by atoms with Gasteiger partial charge in [0.05, 0.1) is 0 Å². The number of alkyl halides is 3. The summed E-state index contributed by atoms with van der Waals surface area (Å²) < 4.78 is 40.9. The van der Waals surface area contributed by atoms with Crippen LogP contribution in [-0.2, 0) is 12.6 Å². The lowest BCUT2D eigenvalue weighted by Gasteiger charge is -2.30. The predicted octanol–water partition coefficient (Wildman–Crippen LogP) is 1.37. The maximum absolute atomic E-state index is 13.2. The minimum atomic E-state index is -4.88. The molecule has 2 rings (SSSR count). The third-order valence-electron chi connectivity index (χ3n) is 3.82. The van der Waals surface area contributed by atoms with E-state index in [2.05, 4.69) is 10.3 Å². The van der Waals surface area contributed by atoms with Crippen molar-refractivity contribution in [2.45, 2.75) is 31.0 Å². The second kappa shape index (κ2) is 6.15. The number of carbonyl (C=O) groups excluding carboxylic acids is 1. The molecule has 1 aliphatic heterocycles. The van der Waals surface area contributed by atoms with Crippen molar-refractivity contribution in [3.63, 3.8) is 0 Å². The summed E-state index contributed by atoms with van der Waals surface area (Å²) >= 11 is 0. The molecular formula is C13H19F3N4O2. The number of urea groups is 1. The molecule has 124 valence electrons. The van der Waals surface area contributed by atoms with Crippen molar-refractivity contribution in [2.24, 2.45) is 7.05 Å². The molecule has 9 heteroatoms. The molecule has 1 aromatic rings. The molecule has 0 saturated carbocycles. The molecule has 1 aromatic heterocycles. The number of hydrogen-bond acceptors (Lipinski definition) is 3. The fourth-order valence-corrected chi connectivity index (χ4v) is 2.53. The Balaban J connectivity index is 2.02. The number of likely N-dealkylation sites (tertiary alicyclic amines) is 1. The van der Waals surface area contributed by atoms with Crippen LogP contribution in [0.15, 0.2) is 12.4 Å². The van der Waals surface area contributed by atoms with Crippen LogP contribution >= 0.6 is 0 Å². The summed E-state index contributed by atoms with van der Waals surface area (Å²) in [5, 5.41) is 12.5. The summed E-state index contributed by atoms with van der Waals surface area (Å²) in [4.78, 5) is 16.9. The zero-order valence-corrected chi connectivity index (χ0v) is 12.2. The van der Waals surface area contributed by atoms with Crippen molar-refractivity contribution in [3.8, 4) is 0 Å². The van der Waals surface area contributed by atoms with Gasteiger partial charge in [-0.3, -0.25) is 0 Å². The molecule has 2 amide bonds. The van der Waals surface area contributed by atoms with Gasteiger partial charge < -0.3 is 19.9 Å². The van der Waals surface area contributed by atoms with E-state index in [0.29, 0.717) is 13.1 Å². The average molecular weight is 320 g/mol. The molecule has 0 aliphatic carbocycles. The summed E-state index contributed by atoms with van der Waals surface area (Å²) in [7, 11) is 1.38. The Kier molecular flexibility index (Phi) is 4.64. The van der Waals surface area contributed by atoms with E-state index in [0.717, 1.165) is 17.4 Å². The van der Waals surface area contributed by atoms with E-state index >= 15 is 0 Å². The molecule has 2 N–H and O–H groups in total. The summed E-state index contributed by atoms with van der Waals surface area (Å²) in [6, 6.07) is -0.401. The number of hydrogen-bond donors (Lipinski definition) is 2. The van der Waals surface area contributed by atoms with E-state index in [1.54, 1.807) is 4.90 Å². The van der Waals surface area contributed by atoms with Gasteiger partial charge in [0.25, 0.3) is 0 Å². The number of aliphatic hydroxyl groups is 1. The number of aryl methyl sites for hydroxylation is 1. The lowest BCUT2D eigenvalue weighted by atomic mass is 9.97. The van der Waals surface area contributed by atoms with E-state index in [1.165, 1.54) is 19.4 Å². The maximum atomic E-state index is 13.2. The van der Waals surface area contributed by atoms with Crippen molar-refractivity contribution in [1.82, 2.24) is 19.8 Å². The first-order valence-corrected chi connectivity index (χ1v) is 7.05. The molecule has 1 saturated heterocycles. The fraction of sp³-hybridized carbons (Fsp3) is 0.692. The SMILES string of the molecule is Cn1ccnc1C(O)(CCNC(=O)N1CCCC1)C(F)(F)F. The van der Waals surface area contributed by atoms with Crippen molar-refractivity contribution in [1.29, 1.82) is 0 Å². The van der Waals surface area contributed by atoms with Gasteiger partial charge >= 0.3 is 12.2 Å². The van der Waals surface area contributed by atoms with Gasteiger partial charge in [-0.1, -0.05) is 0 Å². The van der Waals surface area contributed by atoms with Gasteiger partial charge in [0.1, 0.15) is 5.82 Å². The molecule has 0 radical (unpaired) electrons. The number of halogens is 3. The number of carbonyl (C=O) groups is 1. The summed E-state index contributed by atoms with van der Waals surface area (Å²) in [5.41, 5.74) is -3.09. The van der Waals surface area contributed by atoms with Crippen LogP contribution in [0.3, 0.4) is 0 Å². The smallest absolute Gasteiger partial charge is 0.374 e. The second-order valence-electron chi connectivity index (χ2n) is 5.40. The molecule has 1 aliphatic rings. The summed E-state index contributed by atoms with van der Waals surface area (Å²) in [6.07, 6.45) is -1.27. The Bertz CT molecular complexity index is 526. The van der Waals surface area contributed by atoms with Crippen LogP contribution in [0.1, 0.15) is 25.1 Å². The topological polar surface area (TPSA) is 70.4 Å². The second-order valence-corrected chi connectivity index (χ2v) is 5.40. The highest BCUT2D eigenvalue weighted by Crippen LogP contribution is 2.40. The zero-order valence-electron chi connectivity index (χ0n) is 12.2. The molecule has 0 bridgehead atoms. The fourth-order valence-electron chi connectivity index (χ4n) is 2.53. The Morgan fingerprint density at radius 1 is 1.41 bits per heavy atom. The van der Waals surface area contributed by atoms with Gasteiger partial charge in [-0.2, -0.15) is 13.2 Å². The molecule has 0 spiro atoms. The van der Waals surface area contributed by atoms with Crippen molar-refractivity contribution in [2.75, 3.05) is 19.6 Å². The zero-order chi connectivity index (χ0) is 16.4. The quantitative estimate of drug-likeness (QED) is 0.880. The third-order valence-corrected chi connectivity index (χ3v) is 3.82. The van der Waals surface area contributed by atoms with E-state index in [1.807, 2.05) is 0 Å². The monoisotopic (exact) mass is 320 g/mol. The highest BCUT2D eigenvalue weighted by atomic mass is 19.4. The highest BCUT2D eigenvalue weighted by Gasteiger charge is 2.57. The Labute approximate surface area is 125 Å². The van der Waals surface area contributed by atoms with Crippen LogP contribution in [-0.4, -0.2) is 51.4 Å². The van der Waals surface area contributed by atoms with Crippen molar-refractivity contribution >= 4 is 6.03 Å². The van der Waals surface area contributed by atoms with E-state index < -0.39 is 30.1 Å². The van der Waals surface area contributed by atoms with Crippen molar-refractivity contribution in [3.05, 3.63) is 18.2 Å². The predicted molar refractivity (Wildman–Crippen MR) is 72.0 cm³/mol. The number of imidazole rings is 1. The van der Waals surface area contributed by atoms with Crippen LogP contribution in [0.2, 0.25) is 0 Å². The lowest BCUT2D eigenvalue weighted by molar-refractivity contribution is -0.272. The first-order valence-electron chi connectivity index (χ1n) is 7.05. The van der Waals surface area contributed by atoms with Crippen LogP contribution in [0.4, 0.5) is 18.0 Å². The number of aromatic nitrogens is 2. The molecule has 22 heavy (non-hydrogen) atoms. The van der Waals surface area contributed by atoms with Gasteiger partial charge in [-0.15, -0.1) is 0 Å². The molecule has 1 atom stereocenters. The molecular weight excluding hydrogens is 301 g/mol. The summed E-state index contributed by atoms with van der Waals surface area (Å²) in [6.45, 7) is 0.918. The van der Waals surface area contributed by atoms with Gasteiger partial charge in [-0.25, -0.2) is 9.78 Å². The van der Waals surface area contributed by atoms with Crippen LogP contribution in [0.5, 0.6) is 0 Å². The van der Waals surface area contributed by atoms with Gasteiger partial charge in [0, 0.05) is 45.5 Å². The first-order chi connectivity index (χ1) is 10.3. The van der Waals surface area contributed by atoms with Crippen LogP contribution in [0.25, 0.3) is 0 Å². The summed E-state index contributed by atoms with van der Waals surface area (Å²) in [5.74, 6) is -0.490. The Morgan fingerprint density at radius 2 is 2.05 bits per heavy atom. The number of rotatable bonds is 4. The maximum Gasteiger partial charge on any atom is 0.424 e. The number of amides is 2. The van der Waals surface area contributed by atoms with Gasteiger partial charge in [-0.05, 0) is 12.8 Å². The largest absolute Gasteiger partial charge is 0.424 e. The molecule has 6 nitrogen and oxygen atoms in total. The Hall–Kier alpha value is -1.77. The van der Waals surface area contributed by atoms with Crippen LogP contribution in [0, 0.1) is 0 Å². The van der Waals surface area contributed by atoms with E-state index in [4.69, 9.17) is 0 Å². The Morgan fingerprint density at radius 3 is 2.55 bits per heavy atom. The average Bonchev–Trinajstić information content (AvgIpc) is 3.07. The normalized spacial score (nSPS) is 18.3. The van der Waals surface area contributed by atoms with E-state index in [-0.39, 0.29) is 6.54 Å². The minimum Gasteiger partial charge on any atom is -0.374 e. The number of nitrogens with one attached hydrogen (secondary N) is 1. The lowest BCUT2D eigenvalue weighted by Crippen LogP contribution is -2.47. The highest BCUT2D eigenvalue weighted by molar-refractivity contribution is 5.74. The van der Waals surface area contributed by atoms with E-state index in [9.17, 15) is 23.1 Å². The van der Waals surface area contributed by atoms with Gasteiger partial charge in [0.2, 0.25) is 5.60 Å². The van der Waals surface area contributed by atoms with Crippen LogP contribution < -0.4 is 5.32 Å². The first kappa shape index (κ1) is 16.6. The molecule has 2 heterocycles. The molecule has 0 aromatic carbocycles. The standard InChI is InChI=1S/C13H19F3N4O2/c1-19-9-6-17-10(19)12(22,13(14,15)16)4-5-18-11(21)20-7-2-3-8-20/h6,9,22H,2-5,7-8H2,1H3,(H,18,21).